The van der Waals surface area contributed by atoms with Crippen molar-refractivity contribution in [2.75, 3.05) is 5.32 Å². The van der Waals surface area contributed by atoms with Crippen molar-refractivity contribution in [3.05, 3.63) is 40.4 Å². The van der Waals surface area contributed by atoms with Gasteiger partial charge in [0.25, 0.3) is 5.91 Å². The van der Waals surface area contributed by atoms with E-state index in [2.05, 4.69) is 21.5 Å². The summed E-state index contributed by atoms with van der Waals surface area (Å²) in [6, 6.07) is 9.48. The summed E-state index contributed by atoms with van der Waals surface area (Å²) in [5.74, 6) is 0.549. The largest absolute Gasteiger partial charge is 0.363 e. The standard InChI is InChI=1S/C17H16ClN5O/c1-2-3-13-8-15(24)23-17(21-13)14(9-19)16(22-23)20-10-11-4-6-12(18)7-5-11/h4-7H,2-3,8,10H2,1H3,(H,20,22). The summed E-state index contributed by atoms with van der Waals surface area (Å²) in [5.41, 5.74) is 2.09. The molecule has 0 spiro atoms. The van der Waals surface area contributed by atoms with Gasteiger partial charge in [-0.3, -0.25) is 4.79 Å². The van der Waals surface area contributed by atoms with Gasteiger partial charge >= 0.3 is 0 Å². The van der Waals surface area contributed by atoms with Gasteiger partial charge in [-0.1, -0.05) is 37.1 Å². The van der Waals surface area contributed by atoms with E-state index >= 15 is 0 Å². The van der Waals surface area contributed by atoms with Gasteiger partial charge in [0.05, 0.1) is 6.42 Å². The van der Waals surface area contributed by atoms with Crippen molar-refractivity contribution in [3.63, 3.8) is 0 Å². The monoisotopic (exact) mass is 341 g/mol. The zero-order valence-electron chi connectivity index (χ0n) is 13.2. The lowest BCUT2D eigenvalue weighted by Gasteiger charge is -2.11. The Bertz CT molecular complexity index is 845. The Morgan fingerprint density at radius 3 is 2.79 bits per heavy atom. The third kappa shape index (κ3) is 3.17. The molecule has 1 aromatic heterocycles. The van der Waals surface area contributed by atoms with Crippen molar-refractivity contribution in [1.29, 1.82) is 5.26 Å². The van der Waals surface area contributed by atoms with E-state index in [0.29, 0.717) is 28.8 Å². The van der Waals surface area contributed by atoms with Crippen LogP contribution in [0.4, 0.5) is 11.6 Å². The summed E-state index contributed by atoms with van der Waals surface area (Å²) in [6.07, 6.45) is 1.91. The summed E-state index contributed by atoms with van der Waals surface area (Å²) in [5, 5.41) is 17.5. The molecule has 0 atom stereocenters. The summed E-state index contributed by atoms with van der Waals surface area (Å²) in [6.45, 7) is 2.51. The summed E-state index contributed by atoms with van der Waals surface area (Å²) < 4.78 is 1.22. The highest BCUT2D eigenvalue weighted by atomic mass is 35.5. The Morgan fingerprint density at radius 1 is 1.38 bits per heavy atom. The molecule has 0 saturated carbocycles. The number of carbonyl (C=O) groups excluding carboxylic acids is 1. The minimum atomic E-state index is -0.153. The van der Waals surface area contributed by atoms with Gasteiger partial charge in [-0.05, 0) is 24.1 Å². The normalized spacial score (nSPS) is 13.2. The van der Waals surface area contributed by atoms with Gasteiger partial charge in [-0.2, -0.15) is 9.94 Å². The predicted octanol–water partition coefficient (Wildman–Crippen LogP) is 3.94. The first-order valence-electron chi connectivity index (χ1n) is 7.73. The molecule has 1 N–H and O–H groups in total. The number of aromatic nitrogens is 2. The van der Waals surface area contributed by atoms with E-state index in [4.69, 9.17) is 11.6 Å². The molecule has 122 valence electrons. The second-order valence-corrected chi connectivity index (χ2v) is 5.99. The number of anilines is 1. The maximum Gasteiger partial charge on any atom is 0.254 e. The van der Waals surface area contributed by atoms with Crippen LogP contribution in [-0.2, 0) is 6.54 Å². The molecule has 0 amide bonds. The number of rotatable bonds is 5. The number of fused-ring (bicyclic) bond motifs is 1. The van der Waals surface area contributed by atoms with E-state index in [1.165, 1.54) is 4.68 Å². The van der Waals surface area contributed by atoms with Gasteiger partial charge in [0, 0.05) is 17.3 Å². The van der Waals surface area contributed by atoms with Crippen molar-refractivity contribution < 1.29 is 4.79 Å². The quantitative estimate of drug-likeness (QED) is 0.892. The SMILES string of the molecule is CCCC1=Nc2c(C#N)c(NCc3ccc(Cl)cc3)nn2C(=O)C1. The molecule has 6 nitrogen and oxygen atoms in total. The fraction of sp³-hybridized carbons (Fsp3) is 0.294. The van der Waals surface area contributed by atoms with Crippen LogP contribution in [-0.4, -0.2) is 21.4 Å². The first-order chi connectivity index (χ1) is 11.6. The smallest absolute Gasteiger partial charge is 0.254 e. The minimum Gasteiger partial charge on any atom is -0.363 e. The average molecular weight is 342 g/mol. The van der Waals surface area contributed by atoms with E-state index in [-0.39, 0.29) is 12.3 Å². The molecular formula is C17H16ClN5O. The Kier molecular flexibility index (Phi) is 4.63. The number of aliphatic imine (C=N–C) groups is 1. The highest BCUT2D eigenvalue weighted by Gasteiger charge is 2.26. The molecule has 0 radical (unpaired) electrons. The Morgan fingerprint density at radius 2 is 2.12 bits per heavy atom. The summed E-state index contributed by atoms with van der Waals surface area (Å²) in [7, 11) is 0. The van der Waals surface area contributed by atoms with Gasteiger partial charge in [0.2, 0.25) is 0 Å². The molecule has 2 heterocycles. The highest BCUT2D eigenvalue weighted by Crippen LogP contribution is 2.30. The lowest BCUT2D eigenvalue weighted by molar-refractivity contribution is 0.0906. The molecule has 1 aliphatic heterocycles. The van der Waals surface area contributed by atoms with E-state index < -0.39 is 0 Å². The van der Waals surface area contributed by atoms with Crippen molar-refractivity contribution in [3.8, 4) is 6.07 Å². The molecule has 3 rings (SSSR count). The van der Waals surface area contributed by atoms with E-state index in [0.717, 1.165) is 24.1 Å². The third-order valence-corrected chi connectivity index (χ3v) is 3.99. The number of hydrogen-bond donors (Lipinski definition) is 1. The lowest BCUT2D eigenvalue weighted by atomic mass is 10.1. The second-order valence-electron chi connectivity index (χ2n) is 5.55. The van der Waals surface area contributed by atoms with Gasteiger partial charge in [-0.15, -0.1) is 5.10 Å². The van der Waals surface area contributed by atoms with Crippen LogP contribution in [0.5, 0.6) is 0 Å². The molecule has 0 aliphatic carbocycles. The average Bonchev–Trinajstić information content (AvgIpc) is 2.93. The van der Waals surface area contributed by atoms with Gasteiger partial charge in [0.1, 0.15) is 11.6 Å². The van der Waals surface area contributed by atoms with Crippen LogP contribution in [0.15, 0.2) is 29.3 Å². The second kappa shape index (κ2) is 6.85. The van der Waals surface area contributed by atoms with Crippen LogP contribution in [0.2, 0.25) is 5.02 Å². The maximum absolute atomic E-state index is 12.2. The highest BCUT2D eigenvalue weighted by molar-refractivity contribution is 6.30. The van der Waals surface area contributed by atoms with E-state index in [9.17, 15) is 10.1 Å². The molecule has 0 saturated heterocycles. The Labute approximate surface area is 144 Å². The molecule has 0 unspecified atom stereocenters. The third-order valence-electron chi connectivity index (χ3n) is 3.74. The molecule has 0 fully saturated rings. The van der Waals surface area contributed by atoms with E-state index in [1.807, 2.05) is 19.1 Å². The number of benzene rings is 1. The molecule has 24 heavy (non-hydrogen) atoms. The van der Waals surface area contributed by atoms with Crippen LogP contribution < -0.4 is 5.32 Å². The van der Waals surface area contributed by atoms with Crippen LogP contribution in [0.1, 0.15) is 42.1 Å². The molecule has 1 aromatic carbocycles. The number of nitrogens with one attached hydrogen (secondary N) is 1. The number of nitrogens with zero attached hydrogens (tertiary/aromatic N) is 4. The van der Waals surface area contributed by atoms with Gasteiger partial charge < -0.3 is 5.32 Å². The Hall–Kier alpha value is -2.65. The molecule has 1 aliphatic rings. The number of nitriles is 1. The predicted molar refractivity (Wildman–Crippen MR) is 93.0 cm³/mol. The minimum absolute atomic E-state index is 0.153. The summed E-state index contributed by atoms with van der Waals surface area (Å²) in [4.78, 5) is 16.7. The number of halogens is 1. The topological polar surface area (TPSA) is 83.1 Å². The first-order valence-corrected chi connectivity index (χ1v) is 8.11. The summed E-state index contributed by atoms with van der Waals surface area (Å²) >= 11 is 5.87. The zero-order chi connectivity index (χ0) is 17.1. The van der Waals surface area contributed by atoms with Crippen molar-refractivity contribution in [2.24, 2.45) is 4.99 Å². The molecule has 7 heteroatoms. The Balaban J connectivity index is 1.88. The van der Waals surface area contributed by atoms with Crippen LogP contribution in [0.3, 0.4) is 0 Å². The first kappa shape index (κ1) is 16.2. The molecule has 2 aromatic rings. The lowest BCUT2D eigenvalue weighted by Crippen LogP contribution is -2.21. The van der Waals surface area contributed by atoms with Gasteiger partial charge in [-0.25, -0.2) is 4.99 Å². The molecule has 0 bridgehead atoms. The van der Waals surface area contributed by atoms with Crippen LogP contribution >= 0.6 is 11.6 Å². The van der Waals surface area contributed by atoms with Crippen LogP contribution in [0, 0.1) is 11.3 Å². The number of carbonyl (C=O) groups is 1. The fourth-order valence-corrected chi connectivity index (χ4v) is 2.70. The van der Waals surface area contributed by atoms with Crippen molar-refractivity contribution in [2.45, 2.75) is 32.7 Å². The zero-order valence-corrected chi connectivity index (χ0v) is 14.0. The van der Waals surface area contributed by atoms with Crippen molar-refractivity contribution in [1.82, 2.24) is 9.78 Å². The molecular weight excluding hydrogens is 326 g/mol. The maximum atomic E-state index is 12.2. The van der Waals surface area contributed by atoms with Gasteiger partial charge in [0.15, 0.2) is 11.6 Å². The van der Waals surface area contributed by atoms with Crippen molar-refractivity contribution >= 4 is 34.9 Å². The fourth-order valence-electron chi connectivity index (χ4n) is 2.57. The number of hydrogen-bond acceptors (Lipinski definition) is 5. The van der Waals surface area contributed by atoms with E-state index in [1.54, 1.807) is 12.1 Å². The van der Waals surface area contributed by atoms with Crippen LogP contribution in [0.25, 0.3) is 0 Å².